The van der Waals surface area contributed by atoms with Gasteiger partial charge in [0.15, 0.2) is 0 Å². The van der Waals surface area contributed by atoms with Crippen molar-refractivity contribution in [1.82, 2.24) is 20.2 Å². The number of fused-ring (bicyclic) bond motifs is 1. The van der Waals surface area contributed by atoms with Crippen LogP contribution in [0.5, 0.6) is 5.75 Å². The van der Waals surface area contributed by atoms with Crippen molar-refractivity contribution in [2.24, 2.45) is 0 Å². The lowest BCUT2D eigenvalue weighted by atomic mass is 9.95. The molecule has 1 aromatic heterocycles. The molecule has 0 bridgehead atoms. The van der Waals surface area contributed by atoms with Gasteiger partial charge in [-0.1, -0.05) is 33.7 Å². The summed E-state index contributed by atoms with van der Waals surface area (Å²) in [5.41, 5.74) is 1.75. The SMILES string of the molecule is C=CCOC(=O)C1=C(C)Nc2nnnn2[C@H]1c1cc(Br)ccc1OC. The maximum atomic E-state index is 12.7. The molecule has 3 rings (SSSR count). The third-order valence-corrected chi connectivity index (χ3v) is 4.25. The highest BCUT2D eigenvalue weighted by atomic mass is 79.9. The number of carbonyl (C=O) groups excluding carboxylic acids is 1. The van der Waals surface area contributed by atoms with Crippen molar-refractivity contribution in [3.63, 3.8) is 0 Å². The maximum Gasteiger partial charge on any atom is 0.338 e. The quantitative estimate of drug-likeness (QED) is 0.603. The number of anilines is 1. The summed E-state index contributed by atoms with van der Waals surface area (Å²) < 4.78 is 13.1. The second kappa shape index (κ2) is 7.06. The smallest absolute Gasteiger partial charge is 0.338 e. The topological polar surface area (TPSA) is 91.2 Å². The maximum absolute atomic E-state index is 12.7. The van der Waals surface area contributed by atoms with Crippen molar-refractivity contribution in [1.29, 1.82) is 0 Å². The molecule has 1 aliphatic heterocycles. The van der Waals surface area contributed by atoms with Crippen molar-refractivity contribution in [3.8, 4) is 5.75 Å². The first-order valence-electron chi connectivity index (χ1n) is 7.44. The molecule has 130 valence electrons. The van der Waals surface area contributed by atoms with Gasteiger partial charge in [0, 0.05) is 15.7 Å². The molecule has 1 aromatic carbocycles. The molecule has 1 atom stereocenters. The number of hydrogen-bond acceptors (Lipinski definition) is 7. The van der Waals surface area contributed by atoms with Crippen LogP contribution in [0.1, 0.15) is 18.5 Å². The van der Waals surface area contributed by atoms with Gasteiger partial charge < -0.3 is 14.8 Å². The number of aromatic nitrogens is 4. The molecule has 2 heterocycles. The van der Waals surface area contributed by atoms with E-state index in [1.54, 1.807) is 14.0 Å². The Morgan fingerprint density at radius 1 is 1.52 bits per heavy atom. The van der Waals surface area contributed by atoms with Crippen molar-refractivity contribution >= 4 is 27.8 Å². The lowest BCUT2D eigenvalue weighted by Crippen LogP contribution is -2.30. The van der Waals surface area contributed by atoms with E-state index in [-0.39, 0.29) is 6.61 Å². The van der Waals surface area contributed by atoms with Crippen molar-refractivity contribution in [3.05, 3.63) is 52.2 Å². The normalized spacial score (nSPS) is 16.0. The fraction of sp³-hybridized carbons (Fsp3) is 0.250. The minimum absolute atomic E-state index is 0.112. The summed E-state index contributed by atoms with van der Waals surface area (Å²) in [4.78, 5) is 12.7. The van der Waals surface area contributed by atoms with Crippen LogP contribution in [0.4, 0.5) is 5.95 Å². The molecule has 0 saturated heterocycles. The molecule has 0 aliphatic carbocycles. The van der Waals surface area contributed by atoms with Crippen LogP contribution < -0.4 is 10.1 Å². The molecule has 1 aliphatic rings. The van der Waals surface area contributed by atoms with Crippen molar-refractivity contribution in [2.45, 2.75) is 13.0 Å². The molecular weight excluding hydrogens is 390 g/mol. The Morgan fingerprint density at radius 3 is 3.04 bits per heavy atom. The highest BCUT2D eigenvalue weighted by molar-refractivity contribution is 9.10. The Balaban J connectivity index is 2.18. The first kappa shape index (κ1) is 17.2. The van der Waals surface area contributed by atoms with E-state index in [1.165, 1.54) is 10.8 Å². The van der Waals surface area contributed by atoms with Gasteiger partial charge in [-0.3, -0.25) is 0 Å². The van der Waals surface area contributed by atoms with Crippen LogP contribution in [0.3, 0.4) is 0 Å². The average molecular weight is 406 g/mol. The van der Waals surface area contributed by atoms with Gasteiger partial charge in [-0.2, -0.15) is 4.68 Å². The molecule has 0 amide bonds. The number of ether oxygens (including phenoxy) is 2. The zero-order chi connectivity index (χ0) is 18.0. The molecule has 0 unspecified atom stereocenters. The third-order valence-electron chi connectivity index (χ3n) is 3.75. The number of nitrogens with zero attached hydrogens (tertiary/aromatic N) is 4. The Kier molecular flexibility index (Phi) is 4.84. The summed E-state index contributed by atoms with van der Waals surface area (Å²) in [5, 5.41) is 14.7. The van der Waals surface area contributed by atoms with Gasteiger partial charge in [0.25, 0.3) is 0 Å². The molecular formula is C16H16BrN5O3. The molecule has 0 radical (unpaired) electrons. The van der Waals surface area contributed by atoms with E-state index in [9.17, 15) is 4.79 Å². The predicted molar refractivity (Wildman–Crippen MR) is 94.1 cm³/mol. The van der Waals surface area contributed by atoms with Crippen LogP contribution in [0.25, 0.3) is 0 Å². The number of esters is 1. The summed E-state index contributed by atoms with van der Waals surface area (Å²) in [6.07, 6.45) is 1.52. The summed E-state index contributed by atoms with van der Waals surface area (Å²) >= 11 is 3.46. The number of halogens is 1. The zero-order valence-corrected chi connectivity index (χ0v) is 15.3. The fourth-order valence-corrected chi connectivity index (χ4v) is 3.07. The number of rotatable bonds is 5. The fourth-order valence-electron chi connectivity index (χ4n) is 2.70. The molecule has 0 fully saturated rings. The van der Waals surface area contributed by atoms with Crippen LogP contribution in [-0.2, 0) is 9.53 Å². The largest absolute Gasteiger partial charge is 0.496 e. The number of methoxy groups -OCH3 is 1. The molecule has 0 saturated carbocycles. The monoisotopic (exact) mass is 405 g/mol. The van der Waals surface area contributed by atoms with Crippen LogP contribution in [-0.4, -0.2) is 39.9 Å². The summed E-state index contributed by atoms with van der Waals surface area (Å²) in [6, 6.07) is 4.95. The molecule has 2 aromatic rings. The van der Waals surface area contributed by atoms with Gasteiger partial charge in [0.05, 0.1) is 12.7 Å². The minimum atomic E-state index is -0.587. The number of nitrogens with one attached hydrogen (secondary N) is 1. The molecule has 0 spiro atoms. The highest BCUT2D eigenvalue weighted by Crippen LogP contribution is 2.39. The molecule has 1 N–H and O–H groups in total. The van der Waals surface area contributed by atoms with E-state index < -0.39 is 12.0 Å². The third kappa shape index (κ3) is 3.14. The standard InChI is InChI=1S/C16H16BrN5O3/c1-4-7-25-15(23)13-9(2)18-16-19-20-21-22(16)14(13)11-8-10(17)5-6-12(11)24-3/h4-6,8,14H,1,7H2,2-3H3,(H,18,19,21)/t14-/m0/s1. The Morgan fingerprint density at radius 2 is 2.32 bits per heavy atom. The molecule has 9 heteroatoms. The van der Waals surface area contributed by atoms with Gasteiger partial charge in [-0.25, -0.2) is 4.79 Å². The number of hydrogen-bond donors (Lipinski definition) is 1. The number of carbonyl (C=O) groups is 1. The predicted octanol–water partition coefficient (Wildman–Crippen LogP) is 2.46. The lowest BCUT2D eigenvalue weighted by Gasteiger charge is -2.28. The van der Waals surface area contributed by atoms with E-state index in [0.717, 1.165) is 10.0 Å². The number of allylic oxidation sites excluding steroid dienone is 1. The van der Waals surface area contributed by atoms with Gasteiger partial charge in [-0.15, -0.1) is 0 Å². The summed E-state index contributed by atoms with van der Waals surface area (Å²) in [7, 11) is 1.57. The van der Waals surface area contributed by atoms with Crippen LogP contribution >= 0.6 is 15.9 Å². The van der Waals surface area contributed by atoms with Gasteiger partial charge >= 0.3 is 5.97 Å². The van der Waals surface area contributed by atoms with E-state index >= 15 is 0 Å². The summed E-state index contributed by atoms with van der Waals surface area (Å²) in [6.45, 7) is 5.46. The minimum Gasteiger partial charge on any atom is -0.496 e. The van der Waals surface area contributed by atoms with E-state index in [2.05, 4.69) is 43.4 Å². The highest BCUT2D eigenvalue weighted by Gasteiger charge is 2.36. The van der Waals surface area contributed by atoms with Gasteiger partial charge in [-0.05, 0) is 35.5 Å². The van der Waals surface area contributed by atoms with Crippen molar-refractivity contribution in [2.75, 3.05) is 19.0 Å². The van der Waals surface area contributed by atoms with Crippen molar-refractivity contribution < 1.29 is 14.3 Å². The zero-order valence-electron chi connectivity index (χ0n) is 13.7. The van der Waals surface area contributed by atoms with Crippen LogP contribution in [0.2, 0.25) is 0 Å². The second-order valence-corrected chi connectivity index (χ2v) is 6.20. The summed E-state index contributed by atoms with van der Waals surface area (Å²) in [5.74, 6) is 0.571. The lowest BCUT2D eigenvalue weighted by molar-refractivity contribution is -0.138. The van der Waals surface area contributed by atoms with Gasteiger partial charge in [0.1, 0.15) is 18.4 Å². The average Bonchev–Trinajstić information content (AvgIpc) is 3.06. The molecule has 8 nitrogen and oxygen atoms in total. The van der Waals surface area contributed by atoms with E-state index in [0.29, 0.717) is 23.0 Å². The molecule has 25 heavy (non-hydrogen) atoms. The van der Waals surface area contributed by atoms with E-state index in [4.69, 9.17) is 9.47 Å². The van der Waals surface area contributed by atoms with Crippen LogP contribution in [0, 0.1) is 0 Å². The van der Waals surface area contributed by atoms with Gasteiger partial charge in [0.2, 0.25) is 5.95 Å². The van der Waals surface area contributed by atoms with E-state index in [1.807, 2.05) is 18.2 Å². The Bertz CT molecular complexity index is 861. The number of tetrazole rings is 1. The Hall–Kier alpha value is -2.68. The second-order valence-electron chi connectivity index (χ2n) is 5.29. The first-order chi connectivity index (χ1) is 12.1. The Labute approximate surface area is 152 Å². The number of benzene rings is 1. The first-order valence-corrected chi connectivity index (χ1v) is 8.23. The van der Waals surface area contributed by atoms with Crippen LogP contribution in [0.15, 0.2) is 46.6 Å².